The number of ether oxygens (including phenoxy) is 3. The van der Waals surface area contributed by atoms with Gasteiger partial charge in [0.25, 0.3) is 0 Å². The number of benzene rings is 2. The minimum absolute atomic E-state index is 0.0504. The SMILES string of the molecule is COC(=O)NC(C(=O)N[C@@H](Cc1ccc(-c2ccccn2)cc1)C[C@H](OCP(=O)(O)O)[C@H](Cc1ccccc1)NC(=O)[C@@H](NC(=O)OC)C(C)(C)C)C(C)(C)C. The van der Waals surface area contributed by atoms with Gasteiger partial charge in [0, 0.05) is 17.8 Å². The lowest BCUT2D eigenvalue weighted by Gasteiger charge is -2.36. The first-order chi connectivity index (χ1) is 26.2. The molecule has 3 rings (SSSR count). The van der Waals surface area contributed by atoms with Crippen molar-refractivity contribution in [3.63, 3.8) is 0 Å². The van der Waals surface area contributed by atoms with Crippen molar-refractivity contribution in [2.45, 2.75) is 91.1 Å². The lowest BCUT2D eigenvalue weighted by atomic mass is 9.85. The zero-order valence-corrected chi connectivity index (χ0v) is 34.2. The molecule has 0 spiro atoms. The Morgan fingerprint density at radius 3 is 1.70 bits per heavy atom. The minimum atomic E-state index is -4.74. The second-order valence-electron chi connectivity index (χ2n) is 15.7. The van der Waals surface area contributed by atoms with Crippen molar-refractivity contribution in [3.8, 4) is 11.3 Å². The molecule has 0 aliphatic rings. The molecule has 4 amide bonds. The van der Waals surface area contributed by atoms with E-state index >= 15 is 0 Å². The van der Waals surface area contributed by atoms with Gasteiger partial charge in [0.2, 0.25) is 11.8 Å². The summed E-state index contributed by atoms with van der Waals surface area (Å²) in [6.07, 6.45) is -1.68. The third kappa shape index (κ3) is 15.0. The van der Waals surface area contributed by atoms with Gasteiger partial charge in [-0.05, 0) is 53.4 Å². The molecule has 1 aromatic heterocycles. The summed E-state index contributed by atoms with van der Waals surface area (Å²) in [5, 5.41) is 11.2. The molecule has 0 radical (unpaired) electrons. The lowest BCUT2D eigenvalue weighted by molar-refractivity contribution is -0.128. The van der Waals surface area contributed by atoms with Crippen molar-refractivity contribution < 1.29 is 47.7 Å². The highest BCUT2D eigenvalue weighted by molar-refractivity contribution is 7.51. The number of carbonyl (C=O) groups excluding carboxylic acids is 4. The van der Waals surface area contributed by atoms with Gasteiger partial charge in [-0.1, -0.05) is 102 Å². The Bertz CT molecular complexity index is 1780. The summed E-state index contributed by atoms with van der Waals surface area (Å²) >= 11 is 0. The van der Waals surface area contributed by atoms with E-state index in [1.165, 1.54) is 14.2 Å². The van der Waals surface area contributed by atoms with E-state index in [0.717, 1.165) is 22.4 Å². The molecule has 56 heavy (non-hydrogen) atoms. The molecule has 0 saturated heterocycles. The molecule has 0 aliphatic carbocycles. The first-order valence-corrected chi connectivity index (χ1v) is 20.0. The molecular weight excluding hydrogens is 741 g/mol. The maximum Gasteiger partial charge on any atom is 0.407 e. The molecule has 0 saturated carbocycles. The Hall–Kier alpha value is -4.82. The summed E-state index contributed by atoms with van der Waals surface area (Å²) in [5.74, 6) is -1.13. The van der Waals surface area contributed by atoms with E-state index < -0.39 is 79.0 Å². The fourth-order valence-electron chi connectivity index (χ4n) is 6.04. The van der Waals surface area contributed by atoms with Crippen LogP contribution in [0.25, 0.3) is 11.3 Å². The number of rotatable bonds is 17. The van der Waals surface area contributed by atoms with Gasteiger partial charge < -0.3 is 45.3 Å². The zero-order chi connectivity index (χ0) is 41.7. The predicted octanol–water partition coefficient (Wildman–Crippen LogP) is 4.96. The van der Waals surface area contributed by atoms with E-state index in [9.17, 15) is 33.5 Å². The van der Waals surface area contributed by atoms with Gasteiger partial charge in [-0.2, -0.15) is 0 Å². The van der Waals surface area contributed by atoms with E-state index in [-0.39, 0.29) is 19.3 Å². The van der Waals surface area contributed by atoms with Gasteiger partial charge in [-0.15, -0.1) is 0 Å². The van der Waals surface area contributed by atoms with Gasteiger partial charge in [-0.25, -0.2) is 9.59 Å². The Labute approximate surface area is 328 Å². The zero-order valence-electron chi connectivity index (χ0n) is 33.3. The quantitative estimate of drug-likeness (QED) is 0.101. The molecule has 3 aromatic rings. The average Bonchev–Trinajstić information content (AvgIpc) is 3.13. The largest absolute Gasteiger partial charge is 0.453 e. The standard InChI is InChI=1S/C40H56N5O10P/c1-39(2,3)33(44-37(48)53-7)35(46)42-29(22-27-17-19-28(20-18-27)30-16-12-13-21-41-30)24-32(55-25-56(50,51)52)31(23-26-14-10-9-11-15-26)43-36(47)34(40(4,5)6)45-38(49)54-8/h9-21,29,31-34H,22-25H2,1-8H3,(H,42,46)(H,43,47)(H,44,48)(H,45,49)(H2,50,51,52)/t29-,31-,32-,33?,34+/m0/s1. The first kappa shape index (κ1) is 45.6. The van der Waals surface area contributed by atoms with E-state index in [1.54, 1.807) is 47.7 Å². The predicted molar refractivity (Wildman–Crippen MR) is 211 cm³/mol. The maximum absolute atomic E-state index is 14.1. The molecule has 5 atom stereocenters. The van der Waals surface area contributed by atoms with Crippen LogP contribution >= 0.6 is 7.60 Å². The summed E-state index contributed by atoms with van der Waals surface area (Å²) in [6, 6.07) is 18.5. The second-order valence-corrected chi connectivity index (χ2v) is 17.3. The van der Waals surface area contributed by atoms with E-state index in [1.807, 2.05) is 72.8 Å². The van der Waals surface area contributed by atoms with Crippen molar-refractivity contribution in [1.29, 1.82) is 0 Å². The Morgan fingerprint density at radius 1 is 0.696 bits per heavy atom. The molecule has 15 nitrogen and oxygen atoms in total. The molecule has 16 heteroatoms. The summed E-state index contributed by atoms with van der Waals surface area (Å²) in [4.78, 5) is 77.1. The van der Waals surface area contributed by atoms with Crippen LogP contribution < -0.4 is 21.3 Å². The Morgan fingerprint density at radius 2 is 1.21 bits per heavy atom. The molecule has 306 valence electrons. The van der Waals surface area contributed by atoms with E-state index in [4.69, 9.17) is 14.2 Å². The third-order valence-corrected chi connectivity index (χ3v) is 9.43. The van der Waals surface area contributed by atoms with Crippen LogP contribution in [0.4, 0.5) is 9.59 Å². The van der Waals surface area contributed by atoms with Gasteiger partial charge in [0.15, 0.2) is 0 Å². The normalized spacial score (nSPS) is 14.6. The molecule has 1 heterocycles. The van der Waals surface area contributed by atoms with E-state index in [0.29, 0.717) is 0 Å². The number of hydrogen-bond acceptors (Lipinski definition) is 9. The number of hydrogen-bond donors (Lipinski definition) is 6. The number of carbonyl (C=O) groups is 4. The van der Waals surface area contributed by atoms with Crippen LogP contribution in [0, 0.1) is 10.8 Å². The fourth-order valence-corrected chi connectivity index (χ4v) is 6.43. The fraction of sp³-hybridized carbons (Fsp3) is 0.475. The number of alkyl carbamates (subject to hydrolysis) is 2. The van der Waals surface area contributed by atoms with Crippen molar-refractivity contribution in [3.05, 3.63) is 90.1 Å². The van der Waals surface area contributed by atoms with Crippen LogP contribution in [-0.2, 0) is 41.2 Å². The number of nitrogens with zero attached hydrogens (tertiary/aromatic N) is 1. The number of methoxy groups -OCH3 is 2. The van der Waals surface area contributed by atoms with Crippen LogP contribution in [0.15, 0.2) is 79.0 Å². The number of amides is 4. The number of pyridine rings is 1. The van der Waals surface area contributed by atoms with Crippen LogP contribution in [-0.4, -0.2) is 89.6 Å². The maximum atomic E-state index is 14.1. The molecule has 0 aliphatic heterocycles. The third-order valence-electron chi connectivity index (χ3n) is 8.94. The summed E-state index contributed by atoms with van der Waals surface area (Å²) in [6.45, 7) is 10.6. The second kappa shape index (κ2) is 20.4. The van der Waals surface area contributed by atoms with Crippen LogP contribution in [0.5, 0.6) is 0 Å². The molecular formula is C40H56N5O10P. The highest BCUT2D eigenvalue weighted by Crippen LogP contribution is 2.35. The van der Waals surface area contributed by atoms with Crippen LogP contribution in [0.3, 0.4) is 0 Å². The average molecular weight is 798 g/mol. The van der Waals surface area contributed by atoms with Crippen molar-refractivity contribution in [1.82, 2.24) is 26.3 Å². The van der Waals surface area contributed by atoms with Gasteiger partial charge in [0.05, 0.1) is 32.1 Å². The number of nitrogens with one attached hydrogen (secondary N) is 4. The molecule has 0 bridgehead atoms. The van der Waals surface area contributed by atoms with Crippen molar-refractivity contribution in [2.24, 2.45) is 10.8 Å². The topological polar surface area (TPSA) is 215 Å². The lowest BCUT2D eigenvalue weighted by Crippen LogP contribution is -2.59. The smallest absolute Gasteiger partial charge is 0.407 e. The first-order valence-electron chi connectivity index (χ1n) is 18.2. The Kier molecular flexibility index (Phi) is 16.6. The van der Waals surface area contributed by atoms with Crippen LogP contribution in [0.1, 0.15) is 59.1 Å². The molecule has 2 aromatic carbocycles. The van der Waals surface area contributed by atoms with Gasteiger partial charge in [0.1, 0.15) is 18.4 Å². The van der Waals surface area contributed by atoms with Crippen molar-refractivity contribution in [2.75, 3.05) is 20.6 Å². The summed E-state index contributed by atoms with van der Waals surface area (Å²) in [7, 11) is -2.36. The molecule has 1 unspecified atom stereocenters. The Balaban J connectivity index is 2.11. The molecule has 0 fully saturated rings. The number of aromatic nitrogens is 1. The summed E-state index contributed by atoms with van der Waals surface area (Å²) in [5.41, 5.74) is 1.66. The highest BCUT2D eigenvalue weighted by atomic mass is 31.2. The van der Waals surface area contributed by atoms with Crippen LogP contribution in [0.2, 0.25) is 0 Å². The van der Waals surface area contributed by atoms with E-state index in [2.05, 4.69) is 26.3 Å². The monoisotopic (exact) mass is 797 g/mol. The van der Waals surface area contributed by atoms with Crippen molar-refractivity contribution >= 4 is 31.6 Å². The van der Waals surface area contributed by atoms with Gasteiger partial charge >= 0.3 is 19.8 Å². The highest BCUT2D eigenvalue weighted by Gasteiger charge is 2.39. The molecule has 6 N–H and O–H groups in total. The summed E-state index contributed by atoms with van der Waals surface area (Å²) < 4.78 is 27.9. The minimum Gasteiger partial charge on any atom is -0.453 e. The van der Waals surface area contributed by atoms with Gasteiger partial charge in [-0.3, -0.25) is 19.1 Å².